The number of methoxy groups -OCH3 is 1. The zero-order valence-corrected chi connectivity index (χ0v) is 14.6. The molecule has 2 N–H and O–H groups in total. The smallest absolute Gasteiger partial charge is 0.334 e. The third-order valence-electron chi connectivity index (χ3n) is 4.16. The molecule has 1 unspecified atom stereocenters. The molecule has 26 heavy (non-hydrogen) atoms. The minimum Gasteiger partial charge on any atom is -0.467 e. The zero-order valence-electron chi connectivity index (χ0n) is 14.6. The molecule has 0 bridgehead atoms. The van der Waals surface area contributed by atoms with Crippen LogP contribution in [0.2, 0.25) is 0 Å². The van der Waals surface area contributed by atoms with Crippen LogP contribution in [-0.2, 0) is 16.6 Å². The molecular weight excluding hydrogens is 336 g/mol. The number of amides is 1. The van der Waals surface area contributed by atoms with E-state index in [1.54, 1.807) is 50.5 Å². The van der Waals surface area contributed by atoms with Gasteiger partial charge in [0, 0.05) is 18.6 Å². The summed E-state index contributed by atoms with van der Waals surface area (Å²) in [4.78, 5) is 39.7. The summed E-state index contributed by atoms with van der Waals surface area (Å²) in [6.07, 6.45) is 1.65. The highest BCUT2D eigenvalue weighted by atomic mass is 16.5. The van der Waals surface area contributed by atoms with Gasteiger partial charge in [-0.3, -0.25) is 14.3 Å². The standard InChI is InChI=1S/C18H18N4O4/c1-10-11-6-4-5-7-12(11)16(23)19-14(10)17(24)20-15(18(25)26-3)13-8-9-22(2)21-13/h4-9,15H,1-3H3,(H,19,23)(H,20,24). The summed E-state index contributed by atoms with van der Waals surface area (Å²) in [5.41, 5.74) is 0.679. The number of hydrogen-bond acceptors (Lipinski definition) is 5. The second-order valence-corrected chi connectivity index (χ2v) is 5.84. The number of carbonyl (C=O) groups is 2. The molecule has 0 aliphatic carbocycles. The van der Waals surface area contributed by atoms with Crippen molar-refractivity contribution in [1.82, 2.24) is 20.1 Å². The number of fused-ring (bicyclic) bond motifs is 1. The summed E-state index contributed by atoms with van der Waals surface area (Å²) in [6, 6.07) is 7.54. The van der Waals surface area contributed by atoms with Gasteiger partial charge < -0.3 is 15.0 Å². The number of rotatable bonds is 4. The van der Waals surface area contributed by atoms with Gasteiger partial charge in [-0.2, -0.15) is 5.10 Å². The van der Waals surface area contributed by atoms with Gasteiger partial charge in [0.05, 0.1) is 12.8 Å². The highest BCUT2D eigenvalue weighted by molar-refractivity contribution is 6.00. The Hall–Kier alpha value is -3.42. The Kier molecular flexibility index (Phi) is 4.57. The summed E-state index contributed by atoms with van der Waals surface area (Å²) in [6.45, 7) is 1.74. The molecule has 0 spiro atoms. The van der Waals surface area contributed by atoms with E-state index in [4.69, 9.17) is 4.74 Å². The van der Waals surface area contributed by atoms with Crippen molar-refractivity contribution in [2.24, 2.45) is 7.05 Å². The molecule has 0 aliphatic rings. The number of nitrogens with one attached hydrogen (secondary N) is 2. The maximum atomic E-state index is 12.7. The lowest BCUT2D eigenvalue weighted by Crippen LogP contribution is -2.36. The topological polar surface area (TPSA) is 106 Å². The average Bonchev–Trinajstić information content (AvgIpc) is 3.08. The van der Waals surface area contributed by atoms with Crippen molar-refractivity contribution in [1.29, 1.82) is 0 Å². The van der Waals surface area contributed by atoms with E-state index in [2.05, 4.69) is 15.4 Å². The molecule has 2 aromatic heterocycles. The third kappa shape index (κ3) is 3.08. The Morgan fingerprint density at radius 2 is 1.92 bits per heavy atom. The number of hydrogen-bond donors (Lipinski definition) is 2. The number of aromatic nitrogens is 3. The van der Waals surface area contributed by atoms with E-state index in [9.17, 15) is 14.4 Å². The number of benzene rings is 1. The molecular formula is C18H18N4O4. The van der Waals surface area contributed by atoms with E-state index in [0.717, 1.165) is 0 Å². The molecule has 1 atom stereocenters. The van der Waals surface area contributed by atoms with Gasteiger partial charge in [-0.15, -0.1) is 0 Å². The molecule has 0 fully saturated rings. The Morgan fingerprint density at radius 3 is 2.54 bits per heavy atom. The number of aromatic amines is 1. The number of aryl methyl sites for hydroxylation is 2. The molecule has 0 radical (unpaired) electrons. The Bertz CT molecular complexity index is 1050. The maximum Gasteiger partial charge on any atom is 0.334 e. The molecule has 0 saturated heterocycles. The normalized spacial score (nSPS) is 12.0. The van der Waals surface area contributed by atoms with Crippen molar-refractivity contribution < 1.29 is 14.3 Å². The number of carbonyl (C=O) groups excluding carboxylic acids is 2. The Labute approximate surface area is 148 Å². The van der Waals surface area contributed by atoms with Gasteiger partial charge >= 0.3 is 5.97 Å². The lowest BCUT2D eigenvalue weighted by atomic mass is 10.0. The highest BCUT2D eigenvalue weighted by Crippen LogP contribution is 2.18. The molecule has 134 valence electrons. The van der Waals surface area contributed by atoms with E-state index in [-0.39, 0.29) is 11.3 Å². The maximum absolute atomic E-state index is 12.7. The number of H-pyrrole nitrogens is 1. The van der Waals surface area contributed by atoms with Crippen LogP contribution in [0.1, 0.15) is 27.8 Å². The molecule has 8 nitrogen and oxygen atoms in total. The van der Waals surface area contributed by atoms with Crippen LogP contribution in [-0.4, -0.2) is 33.8 Å². The number of ether oxygens (including phenoxy) is 1. The van der Waals surface area contributed by atoms with E-state index >= 15 is 0 Å². The van der Waals surface area contributed by atoms with Crippen molar-refractivity contribution in [3.05, 3.63) is 63.8 Å². The van der Waals surface area contributed by atoms with Gasteiger partial charge in [0.1, 0.15) is 5.69 Å². The van der Waals surface area contributed by atoms with Gasteiger partial charge in [0.15, 0.2) is 6.04 Å². The first kappa shape index (κ1) is 17.4. The first-order valence-electron chi connectivity index (χ1n) is 7.92. The first-order chi connectivity index (χ1) is 12.4. The summed E-state index contributed by atoms with van der Waals surface area (Å²) in [7, 11) is 2.93. The van der Waals surface area contributed by atoms with Crippen LogP contribution >= 0.6 is 0 Å². The summed E-state index contributed by atoms with van der Waals surface area (Å²) in [5.74, 6) is -1.25. The van der Waals surface area contributed by atoms with Gasteiger partial charge in [0.25, 0.3) is 11.5 Å². The fourth-order valence-electron chi connectivity index (χ4n) is 2.81. The summed E-state index contributed by atoms with van der Waals surface area (Å²) in [5, 5.41) is 7.90. The van der Waals surface area contributed by atoms with Gasteiger partial charge in [0.2, 0.25) is 0 Å². The van der Waals surface area contributed by atoms with E-state index < -0.39 is 17.9 Å². The van der Waals surface area contributed by atoms with Crippen LogP contribution in [0.4, 0.5) is 0 Å². The highest BCUT2D eigenvalue weighted by Gasteiger charge is 2.27. The monoisotopic (exact) mass is 354 g/mol. The van der Waals surface area contributed by atoms with Crippen molar-refractivity contribution in [3.63, 3.8) is 0 Å². The van der Waals surface area contributed by atoms with E-state index in [0.29, 0.717) is 22.0 Å². The fraction of sp³-hybridized carbons (Fsp3) is 0.222. The molecule has 0 aliphatic heterocycles. The van der Waals surface area contributed by atoms with Crippen LogP contribution in [0.25, 0.3) is 10.8 Å². The Balaban J connectivity index is 2.00. The van der Waals surface area contributed by atoms with Crippen LogP contribution < -0.4 is 10.9 Å². The third-order valence-corrected chi connectivity index (χ3v) is 4.16. The van der Waals surface area contributed by atoms with Crippen LogP contribution in [0.3, 0.4) is 0 Å². The second-order valence-electron chi connectivity index (χ2n) is 5.84. The molecule has 1 aromatic carbocycles. The van der Waals surface area contributed by atoms with Gasteiger partial charge in [-0.1, -0.05) is 18.2 Å². The van der Waals surface area contributed by atoms with Crippen molar-refractivity contribution in [2.45, 2.75) is 13.0 Å². The predicted molar refractivity (Wildman–Crippen MR) is 94.7 cm³/mol. The van der Waals surface area contributed by atoms with Gasteiger partial charge in [-0.25, -0.2) is 4.79 Å². The van der Waals surface area contributed by atoms with Gasteiger partial charge in [-0.05, 0) is 30.0 Å². The lowest BCUT2D eigenvalue weighted by Gasteiger charge is -2.16. The van der Waals surface area contributed by atoms with Crippen LogP contribution in [0.5, 0.6) is 0 Å². The molecule has 1 amide bonds. The summed E-state index contributed by atoms with van der Waals surface area (Å²) >= 11 is 0. The number of esters is 1. The van der Waals surface area contributed by atoms with E-state index in [1.165, 1.54) is 11.8 Å². The van der Waals surface area contributed by atoms with Crippen molar-refractivity contribution >= 4 is 22.6 Å². The molecule has 3 aromatic rings. The fourth-order valence-corrected chi connectivity index (χ4v) is 2.81. The Morgan fingerprint density at radius 1 is 1.23 bits per heavy atom. The molecule has 3 rings (SSSR count). The van der Waals surface area contributed by atoms with Crippen molar-refractivity contribution in [3.8, 4) is 0 Å². The van der Waals surface area contributed by atoms with Crippen LogP contribution in [0.15, 0.2) is 41.3 Å². The minimum atomic E-state index is -1.08. The van der Waals surface area contributed by atoms with Crippen molar-refractivity contribution in [2.75, 3.05) is 7.11 Å². The molecule has 8 heteroatoms. The number of pyridine rings is 1. The zero-order chi connectivity index (χ0) is 18.8. The largest absolute Gasteiger partial charge is 0.467 e. The minimum absolute atomic E-state index is 0.0959. The quantitative estimate of drug-likeness (QED) is 0.685. The SMILES string of the molecule is COC(=O)C(NC(=O)c1[nH]c(=O)c2ccccc2c1C)c1ccn(C)n1. The average molecular weight is 354 g/mol. The summed E-state index contributed by atoms with van der Waals surface area (Å²) < 4.78 is 6.28. The number of nitrogens with zero attached hydrogens (tertiary/aromatic N) is 2. The lowest BCUT2D eigenvalue weighted by molar-refractivity contribution is -0.143. The predicted octanol–water partition coefficient (Wildman–Crippen LogP) is 1.21. The first-order valence-corrected chi connectivity index (χ1v) is 7.92. The second kappa shape index (κ2) is 6.83. The van der Waals surface area contributed by atoms with E-state index in [1.807, 2.05) is 0 Å². The van der Waals surface area contributed by atoms with Crippen LogP contribution in [0, 0.1) is 6.92 Å². The molecule has 0 saturated carbocycles. The molecule has 2 heterocycles.